The molecule has 3 heteroatoms. The van der Waals surface area contributed by atoms with Crippen LogP contribution in [-0.2, 0) is 12.8 Å². The van der Waals surface area contributed by atoms with Crippen LogP contribution in [-0.4, -0.2) is 6.61 Å². The lowest BCUT2D eigenvalue weighted by Gasteiger charge is -2.45. The van der Waals surface area contributed by atoms with Gasteiger partial charge in [0.25, 0.3) is 0 Å². The van der Waals surface area contributed by atoms with E-state index in [1.54, 1.807) is 6.07 Å². The number of halogens is 2. The Morgan fingerprint density at radius 1 is 0.939 bits per heavy atom. The van der Waals surface area contributed by atoms with Crippen LogP contribution in [0.15, 0.2) is 18.7 Å². The van der Waals surface area contributed by atoms with Crippen LogP contribution in [0.4, 0.5) is 8.78 Å². The minimum Gasteiger partial charge on any atom is -0.483 e. The number of ether oxygens (including phenoxy) is 1. The number of unbranched alkanes of at least 4 members (excludes halogenated alkanes) is 4. The van der Waals surface area contributed by atoms with Crippen LogP contribution in [0.3, 0.4) is 0 Å². The highest BCUT2D eigenvalue weighted by molar-refractivity contribution is 5.41. The van der Waals surface area contributed by atoms with E-state index in [4.69, 9.17) is 4.74 Å². The number of fused-ring (bicyclic) bond motifs is 2. The molecule has 0 amide bonds. The highest BCUT2D eigenvalue weighted by Crippen LogP contribution is 2.49. The Bertz CT molecular complexity index is 788. The Kier molecular flexibility index (Phi) is 8.88. The lowest BCUT2D eigenvalue weighted by atomic mass is 9.61. The molecule has 1 aromatic carbocycles. The van der Waals surface area contributed by atoms with Gasteiger partial charge in [0.2, 0.25) is 0 Å². The van der Waals surface area contributed by atoms with Gasteiger partial charge in [-0.2, -0.15) is 0 Å². The molecule has 0 bridgehead atoms. The summed E-state index contributed by atoms with van der Waals surface area (Å²) in [6.45, 7) is 5.98. The average molecular weight is 459 g/mol. The van der Waals surface area contributed by atoms with Gasteiger partial charge in [-0.15, -0.1) is 0 Å². The second-order valence-corrected chi connectivity index (χ2v) is 11.2. The zero-order valence-electron chi connectivity index (χ0n) is 20.7. The smallest absolute Gasteiger partial charge is 0.191 e. The number of hydrogen-bond donors (Lipinski definition) is 0. The van der Waals surface area contributed by atoms with Gasteiger partial charge in [0, 0.05) is 0 Å². The lowest BCUT2D eigenvalue weighted by Crippen LogP contribution is -2.35. The van der Waals surface area contributed by atoms with E-state index in [0.717, 1.165) is 42.1 Å². The molecule has 0 N–H and O–H groups in total. The average Bonchev–Trinajstić information content (AvgIpc) is 2.83. The van der Waals surface area contributed by atoms with Crippen LogP contribution >= 0.6 is 0 Å². The van der Waals surface area contributed by atoms with Gasteiger partial charge in [-0.05, 0) is 98.1 Å². The van der Waals surface area contributed by atoms with E-state index in [1.807, 2.05) is 0 Å². The van der Waals surface area contributed by atoms with E-state index in [-0.39, 0.29) is 12.4 Å². The van der Waals surface area contributed by atoms with Gasteiger partial charge < -0.3 is 4.74 Å². The van der Waals surface area contributed by atoms with E-state index in [1.165, 1.54) is 83.1 Å². The fourth-order valence-corrected chi connectivity index (χ4v) is 7.28. The molecule has 1 nitrogen and oxygen atoms in total. The largest absolute Gasteiger partial charge is 0.483 e. The molecule has 0 saturated heterocycles. The van der Waals surface area contributed by atoms with Gasteiger partial charge in [-0.1, -0.05) is 64.5 Å². The third-order valence-corrected chi connectivity index (χ3v) is 9.11. The second kappa shape index (κ2) is 11.8. The van der Waals surface area contributed by atoms with Gasteiger partial charge >= 0.3 is 0 Å². The molecule has 2 saturated carbocycles. The molecule has 0 heterocycles. The molecule has 2 fully saturated rings. The zero-order chi connectivity index (χ0) is 23.2. The van der Waals surface area contributed by atoms with Crippen molar-refractivity contribution in [3.8, 4) is 5.75 Å². The molecule has 0 aromatic heterocycles. The van der Waals surface area contributed by atoms with Crippen LogP contribution in [0.1, 0.15) is 102 Å². The Balaban J connectivity index is 1.29. The molecule has 3 aliphatic carbocycles. The van der Waals surface area contributed by atoms with Gasteiger partial charge in [0.15, 0.2) is 17.4 Å². The molecule has 5 unspecified atom stereocenters. The number of hydrogen-bond acceptors (Lipinski definition) is 1. The van der Waals surface area contributed by atoms with Gasteiger partial charge in [-0.3, -0.25) is 0 Å². The van der Waals surface area contributed by atoms with Crippen molar-refractivity contribution in [2.45, 2.75) is 103 Å². The monoisotopic (exact) mass is 458 g/mol. The van der Waals surface area contributed by atoms with Crippen LogP contribution in [0.5, 0.6) is 5.75 Å². The van der Waals surface area contributed by atoms with Crippen molar-refractivity contribution < 1.29 is 13.5 Å². The third-order valence-electron chi connectivity index (χ3n) is 9.11. The Hall–Kier alpha value is -1.38. The molecular weight excluding hydrogens is 414 g/mol. The topological polar surface area (TPSA) is 9.23 Å². The van der Waals surface area contributed by atoms with E-state index in [2.05, 4.69) is 13.5 Å². The van der Waals surface area contributed by atoms with Crippen LogP contribution < -0.4 is 4.74 Å². The summed E-state index contributed by atoms with van der Waals surface area (Å²) in [5.41, 5.74) is 1.56. The first kappa shape index (κ1) is 24.7. The fraction of sp³-hybridized carbons (Fsp3) is 0.733. The van der Waals surface area contributed by atoms with Crippen molar-refractivity contribution in [3.63, 3.8) is 0 Å². The van der Waals surface area contributed by atoms with E-state index < -0.39 is 11.6 Å². The predicted octanol–water partition coefficient (Wildman–Crippen LogP) is 8.83. The predicted molar refractivity (Wildman–Crippen MR) is 133 cm³/mol. The van der Waals surface area contributed by atoms with E-state index in [0.29, 0.717) is 17.9 Å². The zero-order valence-corrected chi connectivity index (χ0v) is 20.7. The van der Waals surface area contributed by atoms with Crippen molar-refractivity contribution in [3.05, 3.63) is 41.5 Å². The summed E-state index contributed by atoms with van der Waals surface area (Å²) in [4.78, 5) is 0. The molecule has 0 radical (unpaired) electrons. The van der Waals surface area contributed by atoms with Crippen LogP contribution in [0.2, 0.25) is 0 Å². The molecule has 0 spiro atoms. The maximum absolute atomic E-state index is 14.9. The molecular formula is C30H44F2O. The second-order valence-electron chi connectivity index (χ2n) is 11.2. The Morgan fingerprint density at radius 3 is 2.45 bits per heavy atom. The summed E-state index contributed by atoms with van der Waals surface area (Å²) in [6, 6.07) is 1.54. The lowest BCUT2D eigenvalue weighted by molar-refractivity contribution is 0.0688. The molecule has 184 valence electrons. The standard InChI is InChI=1S/C30H44F2O/c1-3-5-6-7-8-9-21-10-11-23-18-24(13-12-22(23)17-21)25-14-15-27-26(19-25)20-28(31)30(29(27)32)33-16-4-2/h4,20-25H,2-3,5-19H2,1H3. The number of rotatable bonds is 10. The van der Waals surface area contributed by atoms with E-state index >= 15 is 0 Å². The van der Waals surface area contributed by atoms with Crippen molar-refractivity contribution >= 4 is 0 Å². The van der Waals surface area contributed by atoms with Crippen molar-refractivity contribution in [2.75, 3.05) is 6.61 Å². The van der Waals surface area contributed by atoms with Crippen LogP contribution in [0.25, 0.3) is 0 Å². The molecule has 4 rings (SSSR count). The van der Waals surface area contributed by atoms with Crippen LogP contribution in [0, 0.1) is 41.2 Å². The first-order valence-electron chi connectivity index (χ1n) is 13.8. The summed E-state index contributed by atoms with van der Waals surface area (Å²) in [6.07, 6.45) is 20.9. The summed E-state index contributed by atoms with van der Waals surface area (Å²) >= 11 is 0. The fourth-order valence-electron chi connectivity index (χ4n) is 7.28. The van der Waals surface area contributed by atoms with Gasteiger partial charge in [0.1, 0.15) is 6.61 Å². The molecule has 33 heavy (non-hydrogen) atoms. The van der Waals surface area contributed by atoms with Gasteiger partial charge in [0.05, 0.1) is 0 Å². The first-order valence-corrected chi connectivity index (χ1v) is 13.8. The quantitative estimate of drug-likeness (QED) is 0.251. The molecule has 1 aromatic rings. The maximum atomic E-state index is 14.9. The highest BCUT2D eigenvalue weighted by Gasteiger charge is 2.39. The Morgan fingerprint density at radius 2 is 1.67 bits per heavy atom. The Labute approximate surface area is 200 Å². The SMILES string of the molecule is C=CCOc1c(F)cc2c(c1F)CCC(C1CCC3CC(CCCCCCC)CCC3C1)C2. The molecule has 0 aliphatic heterocycles. The minimum atomic E-state index is -0.564. The summed E-state index contributed by atoms with van der Waals surface area (Å²) in [5.74, 6) is 2.83. The highest BCUT2D eigenvalue weighted by atomic mass is 19.1. The molecule has 3 aliphatic rings. The van der Waals surface area contributed by atoms with Gasteiger partial charge in [-0.25, -0.2) is 8.78 Å². The van der Waals surface area contributed by atoms with Crippen molar-refractivity contribution in [2.24, 2.45) is 29.6 Å². The summed E-state index contributed by atoms with van der Waals surface area (Å²) in [5, 5.41) is 0. The minimum absolute atomic E-state index is 0.125. The van der Waals surface area contributed by atoms with Crippen molar-refractivity contribution in [1.29, 1.82) is 0 Å². The summed E-state index contributed by atoms with van der Waals surface area (Å²) < 4.78 is 34.7. The number of benzene rings is 1. The maximum Gasteiger partial charge on any atom is 0.191 e. The van der Waals surface area contributed by atoms with E-state index in [9.17, 15) is 8.78 Å². The normalized spacial score (nSPS) is 29.2. The first-order chi connectivity index (χ1) is 16.1. The summed E-state index contributed by atoms with van der Waals surface area (Å²) in [7, 11) is 0. The third kappa shape index (κ3) is 6.01. The van der Waals surface area contributed by atoms with Crippen molar-refractivity contribution in [1.82, 2.24) is 0 Å². The molecule has 5 atom stereocenters.